The molecule has 0 fully saturated rings. The van der Waals surface area contributed by atoms with Crippen molar-refractivity contribution in [1.82, 2.24) is 3.94 Å². The highest BCUT2D eigenvalue weighted by Crippen LogP contribution is 2.24. The van der Waals surface area contributed by atoms with Crippen LogP contribution in [0.4, 0.5) is 0 Å². The lowest BCUT2D eigenvalue weighted by Crippen LogP contribution is -2.35. The Bertz CT molecular complexity index is 305. The monoisotopic (exact) mass is 293 g/mol. The summed E-state index contributed by atoms with van der Waals surface area (Å²) in [7, 11) is -3.41. The third-order valence-electron chi connectivity index (χ3n) is 2.14. The fraction of sp³-hybridized carbons (Fsp3) is 1.00. The van der Waals surface area contributed by atoms with E-state index in [1.54, 1.807) is 13.8 Å². The molecule has 0 aromatic rings. The zero-order chi connectivity index (χ0) is 13.0. The fourth-order valence-corrected chi connectivity index (χ4v) is 2.76. The van der Waals surface area contributed by atoms with Crippen LogP contribution >= 0.6 is 23.6 Å². The molecule has 0 rings (SSSR count). The smallest absolute Gasteiger partial charge is 0.153 e. The molecule has 98 valence electrons. The molecule has 0 amide bonds. The second kappa shape index (κ2) is 6.37. The predicted molar refractivity (Wildman–Crippen MR) is 64.0 cm³/mol. The molecular weight excluding hydrogens is 277 g/mol. The summed E-state index contributed by atoms with van der Waals surface area (Å²) in [4.78, 5) is 0. The summed E-state index contributed by atoms with van der Waals surface area (Å²) in [5, 5.41) is 17.6. The SMILES string of the molecule is CC(C)(CCS(=O)(=O)C[C@@H](O)CO)N(Cl)Cl. The van der Waals surface area contributed by atoms with Crippen LogP contribution in [0.5, 0.6) is 0 Å². The molecule has 0 aromatic heterocycles. The minimum atomic E-state index is -3.41. The molecule has 0 aliphatic heterocycles. The quantitative estimate of drug-likeness (QED) is 0.670. The standard InChI is InChI=1S/C8H17Cl2NO4S/c1-8(2,11(9)10)3-4-16(14,15)6-7(13)5-12/h7,12-13H,3-6H2,1-2H3/t7-/m0/s1. The van der Waals surface area contributed by atoms with Crippen LogP contribution < -0.4 is 0 Å². The van der Waals surface area contributed by atoms with Crippen LogP contribution in [0.1, 0.15) is 20.3 Å². The third kappa shape index (κ3) is 6.22. The number of aliphatic hydroxyl groups is 2. The van der Waals surface area contributed by atoms with Crippen molar-refractivity contribution in [3.8, 4) is 0 Å². The summed E-state index contributed by atoms with van der Waals surface area (Å²) in [6, 6.07) is 0. The summed E-state index contributed by atoms with van der Waals surface area (Å²) in [6.07, 6.45) is -1.00. The Morgan fingerprint density at radius 3 is 2.25 bits per heavy atom. The van der Waals surface area contributed by atoms with Crippen molar-refractivity contribution in [2.45, 2.75) is 31.9 Å². The number of rotatable bonds is 7. The lowest BCUT2D eigenvalue weighted by atomic mass is 10.0. The van der Waals surface area contributed by atoms with E-state index in [0.717, 1.165) is 3.94 Å². The van der Waals surface area contributed by atoms with Crippen LogP contribution in [-0.4, -0.2) is 52.3 Å². The molecule has 0 spiro atoms. The molecule has 0 heterocycles. The van der Waals surface area contributed by atoms with Crippen molar-refractivity contribution in [3.63, 3.8) is 0 Å². The van der Waals surface area contributed by atoms with Crippen LogP contribution in [0.15, 0.2) is 0 Å². The number of sulfone groups is 1. The third-order valence-corrected chi connectivity index (χ3v) is 4.77. The number of halogens is 2. The molecule has 0 saturated carbocycles. The van der Waals surface area contributed by atoms with Crippen molar-refractivity contribution < 1.29 is 18.6 Å². The van der Waals surface area contributed by atoms with E-state index in [2.05, 4.69) is 0 Å². The van der Waals surface area contributed by atoms with Crippen LogP contribution in [-0.2, 0) is 9.84 Å². The Morgan fingerprint density at radius 1 is 1.38 bits per heavy atom. The van der Waals surface area contributed by atoms with E-state index in [-0.39, 0.29) is 12.2 Å². The first-order chi connectivity index (χ1) is 7.10. The van der Waals surface area contributed by atoms with E-state index in [4.69, 9.17) is 33.8 Å². The average Bonchev–Trinajstić information content (AvgIpc) is 2.14. The lowest BCUT2D eigenvalue weighted by molar-refractivity contribution is 0.112. The van der Waals surface area contributed by atoms with Crippen molar-refractivity contribution in [1.29, 1.82) is 0 Å². The maximum absolute atomic E-state index is 11.5. The number of aliphatic hydroxyl groups excluding tert-OH is 2. The van der Waals surface area contributed by atoms with E-state index >= 15 is 0 Å². The van der Waals surface area contributed by atoms with Crippen LogP contribution in [0, 0.1) is 0 Å². The molecule has 8 heteroatoms. The zero-order valence-electron chi connectivity index (χ0n) is 9.23. The summed E-state index contributed by atoms with van der Waals surface area (Å²) in [5.41, 5.74) is -0.666. The molecule has 0 saturated heterocycles. The summed E-state index contributed by atoms with van der Waals surface area (Å²) < 4.78 is 23.9. The molecule has 0 bridgehead atoms. The lowest BCUT2D eigenvalue weighted by Gasteiger charge is -2.27. The molecule has 0 aliphatic carbocycles. The molecule has 2 N–H and O–H groups in total. The van der Waals surface area contributed by atoms with E-state index < -0.39 is 33.8 Å². The van der Waals surface area contributed by atoms with Crippen LogP contribution in [0.3, 0.4) is 0 Å². The zero-order valence-corrected chi connectivity index (χ0v) is 11.6. The molecule has 0 aliphatic rings. The minimum absolute atomic E-state index is 0.146. The first kappa shape index (κ1) is 16.4. The summed E-state index contributed by atoms with van der Waals surface area (Å²) >= 11 is 11.1. The van der Waals surface area contributed by atoms with Gasteiger partial charge in [0.15, 0.2) is 9.84 Å². The van der Waals surface area contributed by atoms with Crippen molar-refractivity contribution >= 4 is 33.4 Å². The van der Waals surface area contributed by atoms with E-state index in [1.165, 1.54) is 0 Å². The van der Waals surface area contributed by atoms with Crippen molar-refractivity contribution in [2.75, 3.05) is 18.1 Å². The average molecular weight is 294 g/mol. The Kier molecular flexibility index (Phi) is 6.53. The predicted octanol–water partition coefficient (Wildman–Crippen LogP) is 0.533. The highest BCUT2D eigenvalue weighted by atomic mass is 35.5. The van der Waals surface area contributed by atoms with Gasteiger partial charge >= 0.3 is 0 Å². The minimum Gasteiger partial charge on any atom is -0.394 e. The van der Waals surface area contributed by atoms with Crippen molar-refractivity contribution in [3.05, 3.63) is 0 Å². The first-order valence-corrected chi connectivity index (χ1v) is 7.21. The van der Waals surface area contributed by atoms with Gasteiger partial charge in [0.2, 0.25) is 0 Å². The van der Waals surface area contributed by atoms with Crippen LogP contribution in [0.2, 0.25) is 0 Å². The van der Waals surface area contributed by atoms with E-state index in [1.807, 2.05) is 0 Å². The molecule has 1 atom stereocenters. The van der Waals surface area contributed by atoms with Gasteiger partial charge in [-0.1, -0.05) is 0 Å². The highest BCUT2D eigenvalue weighted by Gasteiger charge is 2.27. The van der Waals surface area contributed by atoms with Gasteiger partial charge in [-0.2, -0.15) is 0 Å². The van der Waals surface area contributed by atoms with Gasteiger partial charge in [-0.25, -0.2) is 8.42 Å². The molecule has 0 unspecified atom stereocenters. The molecule has 0 radical (unpaired) electrons. The van der Waals surface area contributed by atoms with Gasteiger partial charge in [0, 0.05) is 5.54 Å². The molecule has 0 aromatic carbocycles. The topological polar surface area (TPSA) is 77.8 Å². The second-order valence-electron chi connectivity index (χ2n) is 4.25. The summed E-state index contributed by atoms with van der Waals surface area (Å²) in [6.45, 7) is 2.83. The largest absolute Gasteiger partial charge is 0.394 e. The van der Waals surface area contributed by atoms with Gasteiger partial charge in [0.1, 0.15) is 0 Å². The van der Waals surface area contributed by atoms with Gasteiger partial charge in [0.05, 0.1) is 24.2 Å². The van der Waals surface area contributed by atoms with Crippen molar-refractivity contribution in [2.24, 2.45) is 0 Å². The van der Waals surface area contributed by atoms with Gasteiger partial charge in [-0.3, -0.25) is 0 Å². The van der Waals surface area contributed by atoms with Gasteiger partial charge in [0.25, 0.3) is 0 Å². The molecule has 16 heavy (non-hydrogen) atoms. The first-order valence-electron chi connectivity index (χ1n) is 4.72. The van der Waals surface area contributed by atoms with Gasteiger partial charge in [-0.15, -0.1) is 3.94 Å². The van der Waals surface area contributed by atoms with Gasteiger partial charge in [-0.05, 0) is 43.8 Å². The second-order valence-corrected chi connectivity index (χ2v) is 7.32. The number of hydrogen-bond donors (Lipinski definition) is 2. The Labute approximate surface area is 106 Å². The summed E-state index contributed by atoms with van der Waals surface area (Å²) in [5.74, 6) is -0.600. The van der Waals surface area contributed by atoms with E-state index in [0.29, 0.717) is 0 Å². The van der Waals surface area contributed by atoms with E-state index in [9.17, 15) is 8.42 Å². The highest BCUT2D eigenvalue weighted by molar-refractivity contribution is 7.91. The van der Waals surface area contributed by atoms with Crippen LogP contribution in [0.25, 0.3) is 0 Å². The number of nitrogens with zero attached hydrogens (tertiary/aromatic N) is 1. The molecule has 5 nitrogen and oxygen atoms in total. The molecular formula is C8H17Cl2NO4S. The van der Waals surface area contributed by atoms with Gasteiger partial charge < -0.3 is 10.2 Å². The Morgan fingerprint density at radius 2 is 1.88 bits per heavy atom. The normalized spacial score (nSPS) is 15.4. The maximum Gasteiger partial charge on any atom is 0.153 e. The maximum atomic E-state index is 11.5. The Hall–Kier alpha value is 0.410. The Balaban J connectivity index is 4.30. The fourth-order valence-electron chi connectivity index (χ4n) is 0.919. The number of hydrogen-bond acceptors (Lipinski definition) is 5.